The van der Waals surface area contributed by atoms with Crippen LogP contribution in [0.15, 0.2) is 0 Å². The van der Waals surface area contributed by atoms with Crippen LogP contribution in [0.4, 0.5) is 8.78 Å². The number of primary amides is 1. The molecule has 0 aromatic heterocycles. The third-order valence-electron chi connectivity index (χ3n) is 2.98. The number of nitrogens with two attached hydrogens (primary N) is 1. The zero-order valence-corrected chi connectivity index (χ0v) is 10.1. The van der Waals surface area contributed by atoms with E-state index in [-0.39, 0.29) is 25.3 Å². The summed E-state index contributed by atoms with van der Waals surface area (Å²) in [6.45, 7) is 2.78. The highest BCUT2D eigenvalue weighted by Gasteiger charge is 2.39. The van der Waals surface area contributed by atoms with Crippen molar-refractivity contribution >= 4 is 11.8 Å². The van der Waals surface area contributed by atoms with E-state index in [0.29, 0.717) is 6.42 Å². The van der Waals surface area contributed by atoms with Crippen LogP contribution in [0.5, 0.6) is 0 Å². The molecule has 1 aliphatic rings. The lowest BCUT2D eigenvalue weighted by atomic mass is 10.0. The van der Waals surface area contributed by atoms with E-state index < -0.39 is 23.8 Å². The molecule has 0 unspecified atom stereocenters. The molecule has 98 valence electrons. The summed E-state index contributed by atoms with van der Waals surface area (Å²) in [4.78, 5) is 24.1. The van der Waals surface area contributed by atoms with Crippen LogP contribution in [0.2, 0.25) is 0 Å². The van der Waals surface area contributed by atoms with E-state index in [1.807, 2.05) is 0 Å². The molecule has 2 atom stereocenters. The molecule has 0 radical (unpaired) electrons. The molecule has 6 heteroatoms. The molecule has 2 amide bonds. The quantitative estimate of drug-likeness (QED) is 0.793. The summed E-state index contributed by atoms with van der Waals surface area (Å²) in [6.07, 6.45) is 0.161. The number of carbonyl (C=O) groups is 2. The number of nitrogens with zero attached hydrogens (tertiary/aromatic N) is 1. The van der Waals surface area contributed by atoms with Gasteiger partial charge in [0, 0.05) is 19.4 Å². The standard InChI is InChI=1S/C11H18F2N2O2/c1-3-8(10(14)17)15-6-7(4-9(15)16)5-11(2,12)13/h7-8H,3-6H2,1-2H3,(H2,14,17)/t7-,8+/m0/s1. The average molecular weight is 248 g/mol. The highest BCUT2D eigenvalue weighted by atomic mass is 19.3. The number of amides is 2. The normalized spacial score (nSPS) is 22.9. The number of halogens is 2. The lowest BCUT2D eigenvalue weighted by molar-refractivity contribution is -0.136. The van der Waals surface area contributed by atoms with Crippen molar-refractivity contribution in [1.29, 1.82) is 0 Å². The van der Waals surface area contributed by atoms with E-state index >= 15 is 0 Å². The highest BCUT2D eigenvalue weighted by molar-refractivity contribution is 5.87. The van der Waals surface area contributed by atoms with Gasteiger partial charge in [-0.15, -0.1) is 0 Å². The summed E-state index contributed by atoms with van der Waals surface area (Å²) >= 11 is 0. The monoisotopic (exact) mass is 248 g/mol. The molecule has 0 aromatic carbocycles. The Morgan fingerprint density at radius 2 is 2.24 bits per heavy atom. The Balaban J connectivity index is 2.67. The fourth-order valence-corrected chi connectivity index (χ4v) is 2.33. The van der Waals surface area contributed by atoms with Crippen LogP contribution >= 0.6 is 0 Å². The molecule has 0 aromatic rings. The van der Waals surface area contributed by atoms with Gasteiger partial charge < -0.3 is 10.6 Å². The summed E-state index contributed by atoms with van der Waals surface area (Å²) in [5, 5.41) is 0. The van der Waals surface area contributed by atoms with Gasteiger partial charge in [-0.2, -0.15) is 0 Å². The van der Waals surface area contributed by atoms with Gasteiger partial charge in [0.2, 0.25) is 17.7 Å². The molecular formula is C11H18F2N2O2. The van der Waals surface area contributed by atoms with Crippen LogP contribution in [0, 0.1) is 5.92 Å². The molecule has 0 saturated carbocycles. The molecule has 1 aliphatic heterocycles. The van der Waals surface area contributed by atoms with Crippen molar-refractivity contribution < 1.29 is 18.4 Å². The van der Waals surface area contributed by atoms with Crippen molar-refractivity contribution in [3.8, 4) is 0 Å². The van der Waals surface area contributed by atoms with E-state index in [0.717, 1.165) is 6.92 Å². The minimum Gasteiger partial charge on any atom is -0.368 e. The Morgan fingerprint density at radius 1 is 1.65 bits per heavy atom. The highest BCUT2D eigenvalue weighted by Crippen LogP contribution is 2.30. The lowest BCUT2D eigenvalue weighted by Gasteiger charge is -2.24. The third kappa shape index (κ3) is 3.64. The van der Waals surface area contributed by atoms with E-state index in [1.165, 1.54) is 4.90 Å². The maximum Gasteiger partial charge on any atom is 0.245 e. The Kier molecular flexibility index (Phi) is 4.06. The van der Waals surface area contributed by atoms with Crippen LogP contribution < -0.4 is 5.73 Å². The predicted molar refractivity (Wildman–Crippen MR) is 58.3 cm³/mol. The van der Waals surface area contributed by atoms with Crippen LogP contribution in [0.1, 0.15) is 33.1 Å². The first-order chi connectivity index (χ1) is 7.74. The van der Waals surface area contributed by atoms with Crippen molar-refractivity contribution in [2.75, 3.05) is 6.54 Å². The van der Waals surface area contributed by atoms with E-state index in [1.54, 1.807) is 6.92 Å². The van der Waals surface area contributed by atoms with Crippen molar-refractivity contribution in [2.45, 2.75) is 45.1 Å². The van der Waals surface area contributed by atoms with Gasteiger partial charge in [0.15, 0.2) is 0 Å². The molecule has 17 heavy (non-hydrogen) atoms. The Hall–Kier alpha value is -1.20. The summed E-state index contributed by atoms with van der Waals surface area (Å²) in [5.74, 6) is -4.01. The Labute approximate surface area is 99.1 Å². The van der Waals surface area contributed by atoms with Gasteiger partial charge >= 0.3 is 0 Å². The first kappa shape index (κ1) is 13.9. The van der Waals surface area contributed by atoms with Crippen LogP contribution in [0.25, 0.3) is 0 Å². The predicted octanol–water partition coefficient (Wildman–Crippen LogP) is 1.14. The second-order valence-electron chi connectivity index (χ2n) is 4.72. The number of likely N-dealkylation sites (tertiary alicyclic amines) is 1. The van der Waals surface area contributed by atoms with E-state index in [9.17, 15) is 18.4 Å². The number of hydrogen-bond donors (Lipinski definition) is 1. The van der Waals surface area contributed by atoms with Gasteiger partial charge in [-0.25, -0.2) is 8.78 Å². The molecule has 1 fully saturated rings. The molecule has 0 spiro atoms. The van der Waals surface area contributed by atoms with Gasteiger partial charge in [0.25, 0.3) is 0 Å². The fraction of sp³-hybridized carbons (Fsp3) is 0.818. The average Bonchev–Trinajstić information content (AvgIpc) is 2.44. The van der Waals surface area contributed by atoms with Crippen LogP contribution in [0.3, 0.4) is 0 Å². The van der Waals surface area contributed by atoms with Crippen molar-refractivity contribution in [3.05, 3.63) is 0 Å². The van der Waals surface area contributed by atoms with Crippen molar-refractivity contribution in [1.82, 2.24) is 4.90 Å². The molecule has 0 bridgehead atoms. The second-order valence-corrected chi connectivity index (χ2v) is 4.72. The third-order valence-corrected chi connectivity index (χ3v) is 2.98. The topological polar surface area (TPSA) is 63.4 Å². The molecule has 1 heterocycles. The van der Waals surface area contributed by atoms with Crippen LogP contribution in [-0.4, -0.2) is 35.2 Å². The van der Waals surface area contributed by atoms with Gasteiger partial charge in [-0.05, 0) is 19.3 Å². The molecule has 4 nitrogen and oxygen atoms in total. The smallest absolute Gasteiger partial charge is 0.245 e. The van der Waals surface area contributed by atoms with Gasteiger partial charge in [-0.3, -0.25) is 9.59 Å². The second kappa shape index (κ2) is 4.98. The summed E-state index contributed by atoms with van der Waals surface area (Å²) < 4.78 is 25.7. The number of rotatable bonds is 5. The van der Waals surface area contributed by atoms with Gasteiger partial charge in [-0.1, -0.05) is 6.92 Å². The van der Waals surface area contributed by atoms with Crippen LogP contribution in [-0.2, 0) is 9.59 Å². The van der Waals surface area contributed by atoms with Gasteiger partial charge in [0.1, 0.15) is 6.04 Å². The first-order valence-electron chi connectivity index (χ1n) is 5.71. The summed E-state index contributed by atoms with van der Waals surface area (Å²) in [6, 6.07) is -0.669. The lowest BCUT2D eigenvalue weighted by Crippen LogP contribution is -2.45. The Morgan fingerprint density at radius 3 is 2.65 bits per heavy atom. The molecule has 0 aliphatic carbocycles. The van der Waals surface area contributed by atoms with Crippen molar-refractivity contribution in [3.63, 3.8) is 0 Å². The number of alkyl halides is 2. The Bertz CT molecular complexity index is 315. The molecule has 2 N–H and O–H groups in total. The fourth-order valence-electron chi connectivity index (χ4n) is 2.33. The minimum absolute atomic E-state index is 0.0766. The maximum absolute atomic E-state index is 12.8. The molecular weight excluding hydrogens is 230 g/mol. The summed E-state index contributed by atoms with van der Waals surface area (Å²) in [5.41, 5.74) is 5.18. The largest absolute Gasteiger partial charge is 0.368 e. The first-order valence-corrected chi connectivity index (χ1v) is 5.71. The SMILES string of the molecule is CC[C@H](C(N)=O)N1C[C@H](CC(C)(F)F)CC1=O. The van der Waals surface area contributed by atoms with E-state index in [4.69, 9.17) is 5.73 Å². The summed E-state index contributed by atoms with van der Waals surface area (Å²) in [7, 11) is 0. The maximum atomic E-state index is 12.8. The van der Waals surface area contributed by atoms with Gasteiger partial charge in [0.05, 0.1) is 0 Å². The van der Waals surface area contributed by atoms with Crippen molar-refractivity contribution in [2.24, 2.45) is 11.7 Å². The minimum atomic E-state index is -2.78. The zero-order valence-electron chi connectivity index (χ0n) is 10.1. The number of hydrogen-bond acceptors (Lipinski definition) is 2. The number of carbonyl (C=O) groups excluding carboxylic acids is 2. The molecule has 1 saturated heterocycles. The molecule has 1 rings (SSSR count). The zero-order chi connectivity index (χ0) is 13.2. The van der Waals surface area contributed by atoms with E-state index in [2.05, 4.69) is 0 Å².